The first-order valence-electron chi connectivity index (χ1n) is 7.34. The fourth-order valence-electron chi connectivity index (χ4n) is 3.14. The van der Waals surface area contributed by atoms with Crippen LogP contribution < -0.4 is 5.32 Å². The highest BCUT2D eigenvalue weighted by Gasteiger charge is 2.24. The van der Waals surface area contributed by atoms with Crippen molar-refractivity contribution in [2.24, 2.45) is 5.92 Å². The van der Waals surface area contributed by atoms with Gasteiger partial charge in [-0.25, -0.2) is 4.79 Å². The summed E-state index contributed by atoms with van der Waals surface area (Å²) in [5.41, 5.74) is 1.24. The minimum Gasteiger partial charge on any atom is -0.478 e. The first kappa shape index (κ1) is 13.9. The third kappa shape index (κ3) is 2.72. The molecule has 0 radical (unpaired) electrons. The quantitative estimate of drug-likeness (QED) is 0.807. The molecule has 4 nitrogen and oxygen atoms in total. The van der Waals surface area contributed by atoms with Crippen LogP contribution in [0.25, 0.3) is 10.8 Å². The fourth-order valence-corrected chi connectivity index (χ4v) is 3.14. The Bertz CT molecular complexity index is 668. The normalized spacial score (nSPS) is 21.6. The molecule has 21 heavy (non-hydrogen) atoms. The summed E-state index contributed by atoms with van der Waals surface area (Å²) in [6, 6.07) is 11.0. The third-order valence-electron chi connectivity index (χ3n) is 4.33. The molecule has 110 valence electrons. The zero-order chi connectivity index (χ0) is 14.8. The van der Waals surface area contributed by atoms with Crippen LogP contribution in [0.3, 0.4) is 0 Å². The molecule has 2 unspecified atom stereocenters. The van der Waals surface area contributed by atoms with E-state index in [1.165, 1.54) is 0 Å². The van der Waals surface area contributed by atoms with E-state index in [1.807, 2.05) is 30.3 Å². The van der Waals surface area contributed by atoms with Crippen LogP contribution in [0.15, 0.2) is 36.4 Å². The molecule has 1 fully saturated rings. The van der Waals surface area contributed by atoms with E-state index in [9.17, 15) is 15.0 Å². The minimum atomic E-state index is -0.913. The number of hydrogen-bond donors (Lipinski definition) is 3. The summed E-state index contributed by atoms with van der Waals surface area (Å²) in [5, 5.41) is 24.2. The third-order valence-corrected chi connectivity index (χ3v) is 4.33. The van der Waals surface area contributed by atoms with E-state index in [0.717, 1.165) is 42.3 Å². The van der Waals surface area contributed by atoms with Crippen LogP contribution in [-0.2, 0) is 0 Å². The molecule has 2 aromatic carbocycles. The standard InChI is InChI=1S/C17H19NO3/c19-16-7-3-4-11(16)10-18-15-9-8-14(17(20)21)12-5-1-2-6-13(12)15/h1-2,5-6,8-9,11,16,18-19H,3-4,7,10H2,(H,20,21). The highest BCUT2D eigenvalue weighted by molar-refractivity contribution is 6.07. The van der Waals surface area contributed by atoms with Crippen molar-refractivity contribution in [3.05, 3.63) is 42.0 Å². The second kappa shape index (κ2) is 5.74. The van der Waals surface area contributed by atoms with Gasteiger partial charge in [-0.05, 0) is 30.4 Å². The number of carboxylic acids is 1. The van der Waals surface area contributed by atoms with Gasteiger partial charge in [0.05, 0.1) is 11.7 Å². The summed E-state index contributed by atoms with van der Waals surface area (Å²) in [5.74, 6) is -0.633. The summed E-state index contributed by atoms with van der Waals surface area (Å²) in [7, 11) is 0. The van der Waals surface area contributed by atoms with E-state index in [1.54, 1.807) is 6.07 Å². The largest absolute Gasteiger partial charge is 0.478 e. The Morgan fingerprint density at radius 3 is 2.57 bits per heavy atom. The number of benzene rings is 2. The lowest BCUT2D eigenvalue weighted by Gasteiger charge is -2.17. The SMILES string of the molecule is O=C(O)c1ccc(NCC2CCCC2O)c2ccccc12. The van der Waals surface area contributed by atoms with E-state index in [4.69, 9.17) is 0 Å². The number of rotatable bonds is 4. The van der Waals surface area contributed by atoms with Gasteiger partial charge in [-0.3, -0.25) is 0 Å². The van der Waals surface area contributed by atoms with Crippen LogP contribution in [0.5, 0.6) is 0 Å². The zero-order valence-electron chi connectivity index (χ0n) is 11.7. The Labute approximate surface area is 123 Å². The molecule has 3 rings (SSSR count). The number of aliphatic hydroxyl groups is 1. The average molecular weight is 285 g/mol. The molecule has 4 heteroatoms. The molecule has 1 aliphatic rings. The van der Waals surface area contributed by atoms with E-state index in [0.29, 0.717) is 5.56 Å². The molecular formula is C17H19NO3. The van der Waals surface area contributed by atoms with E-state index in [2.05, 4.69) is 5.32 Å². The number of aliphatic hydroxyl groups excluding tert-OH is 1. The predicted octanol–water partition coefficient (Wildman–Crippen LogP) is 3.11. The summed E-state index contributed by atoms with van der Waals surface area (Å²) >= 11 is 0. The van der Waals surface area contributed by atoms with Gasteiger partial charge in [0.2, 0.25) is 0 Å². The van der Waals surface area contributed by atoms with Gasteiger partial charge in [0.25, 0.3) is 0 Å². The first-order valence-corrected chi connectivity index (χ1v) is 7.34. The summed E-state index contributed by atoms with van der Waals surface area (Å²) in [6.07, 6.45) is 2.78. The lowest BCUT2D eigenvalue weighted by Crippen LogP contribution is -2.22. The average Bonchev–Trinajstić information content (AvgIpc) is 2.89. The molecule has 0 aromatic heterocycles. The monoisotopic (exact) mass is 285 g/mol. The summed E-state index contributed by atoms with van der Waals surface area (Å²) < 4.78 is 0. The lowest BCUT2D eigenvalue weighted by atomic mass is 10.0. The number of fused-ring (bicyclic) bond motifs is 1. The van der Waals surface area contributed by atoms with Crippen LogP contribution >= 0.6 is 0 Å². The number of aromatic carboxylic acids is 1. The molecule has 2 aromatic rings. The Hall–Kier alpha value is -2.07. The number of hydrogen-bond acceptors (Lipinski definition) is 3. The van der Waals surface area contributed by atoms with Crippen LogP contribution in [0, 0.1) is 5.92 Å². The van der Waals surface area contributed by atoms with Crippen molar-refractivity contribution in [1.29, 1.82) is 0 Å². The van der Waals surface area contributed by atoms with E-state index in [-0.39, 0.29) is 12.0 Å². The molecule has 2 atom stereocenters. The zero-order valence-corrected chi connectivity index (χ0v) is 11.7. The molecule has 3 N–H and O–H groups in total. The smallest absolute Gasteiger partial charge is 0.336 e. The Balaban J connectivity index is 1.89. The summed E-state index contributed by atoms with van der Waals surface area (Å²) in [6.45, 7) is 0.720. The molecule has 1 aliphatic carbocycles. The number of carboxylic acid groups (broad SMARTS) is 1. The van der Waals surface area contributed by atoms with Crippen LogP contribution in [0.4, 0.5) is 5.69 Å². The lowest BCUT2D eigenvalue weighted by molar-refractivity contribution is 0.0699. The molecule has 0 amide bonds. The highest BCUT2D eigenvalue weighted by atomic mass is 16.4. The molecule has 0 heterocycles. The van der Waals surface area contributed by atoms with Crippen LogP contribution in [0.2, 0.25) is 0 Å². The maximum atomic E-state index is 11.3. The van der Waals surface area contributed by atoms with Crippen LogP contribution in [0.1, 0.15) is 29.6 Å². The number of anilines is 1. The number of nitrogens with one attached hydrogen (secondary N) is 1. The summed E-state index contributed by atoms with van der Waals surface area (Å²) in [4.78, 5) is 11.3. The molecule has 0 saturated heterocycles. The van der Waals surface area contributed by atoms with Crippen molar-refractivity contribution in [3.63, 3.8) is 0 Å². The first-order chi connectivity index (χ1) is 10.2. The minimum absolute atomic E-state index is 0.220. The second-order valence-corrected chi connectivity index (χ2v) is 5.65. The van der Waals surface area contributed by atoms with Gasteiger partial charge in [0, 0.05) is 23.5 Å². The maximum Gasteiger partial charge on any atom is 0.336 e. The Morgan fingerprint density at radius 1 is 1.14 bits per heavy atom. The molecule has 0 bridgehead atoms. The van der Waals surface area contributed by atoms with E-state index >= 15 is 0 Å². The van der Waals surface area contributed by atoms with Crippen molar-refractivity contribution >= 4 is 22.4 Å². The molecule has 0 aliphatic heterocycles. The van der Waals surface area contributed by atoms with Crippen molar-refractivity contribution < 1.29 is 15.0 Å². The fraction of sp³-hybridized carbons (Fsp3) is 0.353. The molecule has 1 saturated carbocycles. The Kier molecular flexibility index (Phi) is 3.80. The second-order valence-electron chi connectivity index (χ2n) is 5.65. The van der Waals surface area contributed by atoms with Gasteiger partial charge < -0.3 is 15.5 Å². The van der Waals surface area contributed by atoms with Gasteiger partial charge in [-0.15, -0.1) is 0 Å². The van der Waals surface area contributed by atoms with Gasteiger partial charge in [-0.1, -0.05) is 30.7 Å². The van der Waals surface area contributed by atoms with E-state index < -0.39 is 5.97 Å². The van der Waals surface area contributed by atoms with Gasteiger partial charge >= 0.3 is 5.97 Å². The van der Waals surface area contributed by atoms with Gasteiger partial charge in [0.15, 0.2) is 0 Å². The Morgan fingerprint density at radius 2 is 1.90 bits per heavy atom. The molecule has 0 spiro atoms. The maximum absolute atomic E-state index is 11.3. The van der Waals surface area contributed by atoms with Crippen molar-refractivity contribution in [1.82, 2.24) is 0 Å². The predicted molar refractivity (Wildman–Crippen MR) is 82.7 cm³/mol. The van der Waals surface area contributed by atoms with Crippen LogP contribution in [-0.4, -0.2) is 28.8 Å². The number of carbonyl (C=O) groups is 1. The topological polar surface area (TPSA) is 69.6 Å². The molecular weight excluding hydrogens is 266 g/mol. The van der Waals surface area contributed by atoms with Crippen molar-refractivity contribution in [3.8, 4) is 0 Å². The van der Waals surface area contributed by atoms with Crippen molar-refractivity contribution in [2.75, 3.05) is 11.9 Å². The van der Waals surface area contributed by atoms with Gasteiger partial charge in [-0.2, -0.15) is 0 Å². The van der Waals surface area contributed by atoms with Gasteiger partial charge in [0.1, 0.15) is 0 Å². The van der Waals surface area contributed by atoms with Crippen molar-refractivity contribution in [2.45, 2.75) is 25.4 Å². The highest BCUT2D eigenvalue weighted by Crippen LogP contribution is 2.29.